The van der Waals surface area contributed by atoms with E-state index in [4.69, 9.17) is 0 Å². The summed E-state index contributed by atoms with van der Waals surface area (Å²) >= 11 is 0. The van der Waals surface area contributed by atoms with Crippen molar-refractivity contribution in [3.63, 3.8) is 0 Å². The third-order valence-electron chi connectivity index (χ3n) is 5.96. The van der Waals surface area contributed by atoms with Crippen LogP contribution in [0.4, 0.5) is 4.39 Å². The number of benzene rings is 2. The third-order valence-corrected chi connectivity index (χ3v) is 5.96. The Morgan fingerprint density at radius 2 is 1.67 bits per heavy atom. The molecular formula is C24H24FN3O5. The highest BCUT2D eigenvalue weighted by Crippen LogP contribution is 2.38. The van der Waals surface area contributed by atoms with Crippen molar-refractivity contribution in [3.8, 4) is 28.4 Å². The Labute approximate surface area is 189 Å². The molecule has 0 radical (unpaired) electrons. The summed E-state index contributed by atoms with van der Waals surface area (Å²) in [5.74, 6) is -2.91. The quantitative estimate of drug-likeness (QED) is 0.449. The molecule has 0 saturated heterocycles. The van der Waals surface area contributed by atoms with E-state index < -0.39 is 23.7 Å². The number of carboxylic acid groups (broad SMARTS) is 1. The smallest absolute Gasteiger partial charge is 0.326 e. The molecule has 0 spiro atoms. The highest BCUT2D eigenvalue weighted by molar-refractivity contribution is 5.96. The highest BCUT2D eigenvalue weighted by Gasteiger charge is 2.32. The average Bonchev–Trinajstić information content (AvgIpc) is 3.23. The van der Waals surface area contributed by atoms with Crippen molar-refractivity contribution < 1.29 is 29.3 Å². The Kier molecular flexibility index (Phi) is 6.30. The Morgan fingerprint density at radius 3 is 2.27 bits per heavy atom. The second-order valence-electron chi connectivity index (χ2n) is 8.16. The number of aromatic nitrogens is 2. The summed E-state index contributed by atoms with van der Waals surface area (Å²) in [5.41, 5.74) is 0.511. The summed E-state index contributed by atoms with van der Waals surface area (Å²) in [6.07, 6.45) is 4.32. The number of aliphatic carboxylic acids is 1. The molecule has 1 saturated carbocycles. The van der Waals surface area contributed by atoms with Crippen LogP contribution in [-0.4, -0.2) is 43.0 Å². The molecule has 1 aromatic heterocycles. The van der Waals surface area contributed by atoms with Gasteiger partial charge >= 0.3 is 5.97 Å². The van der Waals surface area contributed by atoms with Crippen molar-refractivity contribution in [1.82, 2.24) is 15.1 Å². The second-order valence-corrected chi connectivity index (χ2v) is 8.16. The molecule has 1 aliphatic rings. The van der Waals surface area contributed by atoms with Gasteiger partial charge in [0.25, 0.3) is 5.91 Å². The van der Waals surface area contributed by atoms with Gasteiger partial charge in [0.15, 0.2) is 5.69 Å². The zero-order valence-electron chi connectivity index (χ0n) is 17.7. The van der Waals surface area contributed by atoms with E-state index in [-0.39, 0.29) is 34.4 Å². The maximum Gasteiger partial charge on any atom is 0.326 e. The van der Waals surface area contributed by atoms with Gasteiger partial charge in [-0.05, 0) is 61.2 Å². The first kappa shape index (κ1) is 22.3. The van der Waals surface area contributed by atoms with Gasteiger partial charge in [0, 0.05) is 0 Å². The molecule has 0 bridgehead atoms. The summed E-state index contributed by atoms with van der Waals surface area (Å²) < 4.78 is 14.7. The lowest BCUT2D eigenvalue weighted by molar-refractivity contribution is -0.141. The number of phenolic OH excluding ortho intramolecular Hbond substituents is 2. The first-order valence-electron chi connectivity index (χ1n) is 10.8. The van der Waals surface area contributed by atoms with Crippen LogP contribution < -0.4 is 5.32 Å². The molecule has 4 rings (SSSR count). The number of nitrogens with one attached hydrogen (secondary N) is 1. The Hall–Kier alpha value is -3.88. The summed E-state index contributed by atoms with van der Waals surface area (Å²) in [6, 6.07) is 9.83. The molecule has 172 valence electrons. The zero-order chi connectivity index (χ0) is 23.5. The number of aromatic hydroxyl groups is 2. The zero-order valence-corrected chi connectivity index (χ0v) is 17.7. The van der Waals surface area contributed by atoms with E-state index in [9.17, 15) is 29.3 Å². The van der Waals surface area contributed by atoms with E-state index in [1.165, 1.54) is 53.2 Å². The number of carbonyl (C=O) groups excluding carboxylic acids is 1. The van der Waals surface area contributed by atoms with Gasteiger partial charge in [0.1, 0.15) is 23.4 Å². The predicted octanol–water partition coefficient (Wildman–Crippen LogP) is 3.85. The monoisotopic (exact) mass is 453 g/mol. The molecule has 9 heteroatoms. The number of carbonyl (C=O) groups is 2. The average molecular weight is 453 g/mol. The summed E-state index contributed by atoms with van der Waals surface area (Å²) in [4.78, 5) is 24.9. The van der Waals surface area contributed by atoms with Gasteiger partial charge in [-0.15, -0.1) is 0 Å². The van der Waals surface area contributed by atoms with Crippen LogP contribution in [0.25, 0.3) is 16.9 Å². The fourth-order valence-electron chi connectivity index (χ4n) is 4.30. The van der Waals surface area contributed by atoms with Gasteiger partial charge in [0.05, 0.1) is 16.9 Å². The van der Waals surface area contributed by atoms with E-state index in [1.54, 1.807) is 0 Å². The normalized spacial score (nSPS) is 15.2. The molecule has 1 fully saturated rings. The lowest BCUT2D eigenvalue weighted by Gasteiger charge is -2.27. The number of amides is 1. The van der Waals surface area contributed by atoms with Gasteiger partial charge in [-0.2, -0.15) is 5.10 Å². The van der Waals surface area contributed by atoms with Crippen molar-refractivity contribution in [2.24, 2.45) is 5.92 Å². The number of halogens is 1. The number of carboxylic acids is 1. The van der Waals surface area contributed by atoms with Crippen molar-refractivity contribution in [1.29, 1.82) is 0 Å². The standard InChI is InChI=1S/C24H24FN3O5/c25-15-9-11-16(12-10-15)28-18(21-19(29)7-4-8-20(21)30)13-17(27-28)23(31)26-22(24(32)33)14-5-2-1-3-6-14/h4,7-14,22,29-30H,1-3,5-6H2,(H,26,31)(H,32,33)/t22-/m0/s1. The summed E-state index contributed by atoms with van der Waals surface area (Å²) in [6.45, 7) is 0. The van der Waals surface area contributed by atoms with Crippen molar-refractivity contribution in [2.45, 2.75) is 38.1 Å². The predicted molar refractivity (Wildman–Crippen MR) is 118 cm³/mol. The lowest BCUT2D eigenvalue weighted by Crippen LogP contribution is -2.46. The highest BCUT2D eigenvalue weighted by atomic mass is 19.1. The molecule has 1 aliphatic carbocycles. The molecule has 4 N–H and O–H groups in total. The van der Waals surface area contributed by atoms with Crippen LogP contribution in [0.15, 0.2) is 48.5 Å². The molecule has 8 nitrogen and oxygen atoms in total. The second kappa shape index (κ2) is 9.32. The molecule has 33 heavy (non-hydrogen) atoms. The Bertz CT molecular complexity index is 1150. The van der Waals surface area contributed by atoms with Gasteiger partial charge in [-0.1, -0.05) is 25.3 Å². The van der Waals surface area contributed by atoms with Crippen LogP contribution in [-0.2, 0) is 4.79 Å². The molecule has 0 aliphatic heterocycles. The summed E-state index contributed by atoms with van der Waals surface area (Å²) in [5, 5.41) is 37.3. The minimum absolute atomic E-state index is 0.0374. The fraction of sp³-hybridized carbons (Fsp3) is 0.292. The maximum absolute atomic E-state index is 13.5. The number of phenols is 2. The van der Waals surface area contributed by atoms with Gasteiger partial charge in [0.2, 0.25) is 0 Å². The number of hydrogen-bond acceptors (Lipinski definition) is 5. The van der Waals surface area contributed by atoms with Gasteiger partial charge < -0.3 is 20.6 Å². The minimum Gasteiger partial charge on any atom is -0.507 e. The van der Waals surface area contributed by atoms with Crippen LogP contribution in [0.5, 0.6) is 11.5 Å². The van der Waals surface area contributed by atoms with Crippen LogP contribution in [0.2, 0.25) is 0 Å². The Balaban J connectivity index is 1.73. The molecular weight excluding hydrogens is 429 g/mol. The molecule has 0 unspecified atom stereocenters. The van der Waals surface area contributed by atoms with E-state index in [0.717, 1.165) is 32.1 Å². The molecule has 2 aromatic carbocycles. The number of hydrogen-bond donors (Lipinski definition) is 4. The first-order valence-corrected chi connectivity index (χ1v) is 10.8. The van der Waals surface area contributed by atoms with Crippen molar-refractivity contribution in [3.05, 3.63) is 60.0 Å². The van der Waals surface area contributed by atoms with Crippen molar-refractivity contribution in [2.75, 3.05) is 0 Å². The Morgan fingerprint density at radius 1 is 1.03 bits per heavy atom. The van der Waals surface area contributed by atoms with E-state index in [1.807, 2.05) is 0 Å². The van der Waals surface area contributed by atoms with Crippen LogP contribution >= 0.6 is 0 Å². The largest absolute Gasteiger partial charge is 0.507 e. The number of nitrogens with zero attached hydrogens (tertiary/aromatic N) is 2. The first-order chi connectivity index (χ1) is 15.8. The molecule has 3 aromatic rings. The maximum atomic E-state index is 13.5. The topological polar surface area (TPSA) is 125 Å². The SMILES string of the molecule is O=C(N[C@H](C(=O)O)C1CCCCC1)c1cc(-c2c(O)cccc2O)n(-c2ccc(F)cc2)n1. The molecule has 1 amide bonds. The van der Waals surface area contributed by atoms with Gasteiger partial charge in [-0.25, -0.2) is 13.9 Å². The van der Waals surface area contributed by atoms with Gasteiger partial charge in [-0.3, -0.25) is 4.79 Å². The third kappa shape index (κ3) is 4.67. The fourth-order valence-corrected chi connectivity index (χ4v) is 4.30. The minimum atomic E-state index is -1.10. The van der Waals surface area contributed by atoms with E-state index in [2.05, 4.69) is 10.4 Å². The lowest BCUT2D eigenvalue weighted by atomic mass is 9.84. The number of rotatable bonds is 6. The van der Waals surface area contributed by atoms with Crippen molar-refractivity contribution >= 4 is 11.9 Å². The van der Waals surface area contributed by atoms with Crippen LogP contribution in [0, 0.1) is 11.7 Å². The van der Waals surface area contributed by atoms with E-state index >= 15 is 0 Å². The van der Waals surface area contributed by atoms with Crippen LogP contribution in [0.3, 0.4) is 0 Å². The molecule has 1 heterocycles. The summed E-state index contributed by atoms with van der Waals surface area (Å²) in [7, 11) is 0. The van der Waals surface area contributed by atoms with E-state index in [0.29, 0.717) is 5.69 Å². The van der Waals surface area contributed by atoms with Crippen LogP contribution in [0.1, 0.15) is 42.6 Å². The molecule has 1 atom stereocenters.